The van der Waals surface area contributed by atoms with Crippen molar-refractivity contribution in [3.63, 3.8) is 0 Å². The molecule has 1 aromatic carbocycles. The lowest BCUT2D eigenvalue weighted by Gasteiger charge is -2.28. The highest BCUT2D eigenvalue weighted by molar-refractivity contribution is 5.80. The molecule has 0 aliphatic carbocycles. The van der Waals surface area contributed by atoms with Gasteiger partial charge in [0.1, 0.15) is 18.4 Å². The fraction of sp³-hybridized carbons (Fsp3) is 0.471. The Balaban J connectivity index is 1.44. The quantitative estimate of drug-likeness (QED) is 0.480. The Bertz CT molecular complexity index is 655. The first-order chi connectivity index (χ1) is 11.9. The van der Waals surface area contributed by atoms with Gasteiger partial charge in [0, 0.05) is 32.1 Å². The minimum atomic E-state index is 0.234. The molecular formula is C17H24N6O. The Kier molecular flexibility index (Phi) is 5.65. The van der Waals surface area contributed by atoms with Gasteiger partial charge in [-0.3, -0.25) is 4.99 Å². The van der Waals surface area contributed by atoms with Crippen molar-refractivity contribution in [2.24, 2.45) is 4.99 Å². The first kappa shape index (κ1) is 16.3. The van der Waals surface area contributed by atoms with Crippen molar-refractivity contribution < 1.29 is 4.74 Å². The van der Waals surface area contributed by atoms with Gasteiger partial charge in [0.2, 0.25) is 0 Å². The molecule has 0 saturated carbocycles. The average Bonchev–Trinajstić information content (AvgIpc) is 3.14. The van der Waals surface area contributed by atoms with Crippen LogP contribution in [0.4, 0.5) is 0 Å². The molecule has 1 aromatic heterocycles. The number of nitrogens with one attached hydrogen (secondary N) is 2. The van der Waals surface area contributed by atoms with Crippen LogP contribution in [0.1, 0.15) is 30.9 Å². The van der Waals surface area contributed by atoms with Crippen molar-refractivity contribution >= 4 is 5.96 Å². The second-order valence-corrected chi connectivity index (χ2v) is 5.78. The number of guanidine groups is 1. The Hall–Kier alpha value is -2.57. The topological polar surface area (TPSA) is 76.4 Å². The molecular weight excluding hydrogens is 304 g/mol. The third-order valence-electron chi connectivity index (χ3n) is 4.10. The zero-order valence-electron chi connectivity index (χ0n) is 14.0. The minimum Gasteiger partial charge on any atom is -0.493 e. The van der Waals surface area contributed by atoms with Gasteiger partial charge in [0.05, 0.1) is 12.6 Å². The van der Waals surface area contributed by atoms with Gasteiger partial charge in [0.25, 0.3) is 0 Å². The first-order valence-corrected chi connectivity index (χ1v) is 8.38. The molecule has 0 bridgehead atoms. The normalized spacial score (nSPS) is 17.0. The van der Waals surface area contributed by atoms with E-state index in [1.54, 1.807) is 19.7 Å². The molecule has 1 aliphatic heterocycles. The Morgan fingerprint density at radius 3 is 2.96 bits per heavy atom. The highest BCUT2D eigenvalue weighted by Gasteiger charge is 2.21. The van der Waals surface area contributed by atoms with Gasteiger partial charge in [-0.1, -0.05) is 18.2 Å². The van der Waals surface area contributed by atoms with E-state index >= 15 is 0 Å². The molecule has 0 amide bonds. The summed E-state index contributed by atoms with van der Waals surface area (Å²) in [6.07, 6.45) is 6.56. The number of hydrogen-bond donors (Lipinski definition) is 2. The Morgan fingerprint density at radius 2 is 2.12 bits per heavy atom. The summed E-state index contributed by atoms with van der Waals surface area (Å²) in [5.74, 6) is 1.80. The molecule has 2 N–H and O–H groups in total. The number of rotatable bonds is 6. The number of hydrogen-bond acceptors (Lipinski definition) is 4. The molecule has 2 heterocycles. The average molecular weight is 328 g/mol. The smallest absolute Gasteiger partial charge is 0.191 e. The van der Waals surface area contributed by atoms with Gasteiger partial charge in [0.15, 0.2) is 5.96 Å². The molecule has 7 nitrogen and oxygen atoms in total. The number of nitrogens with zero attached hydrogens (tertiary/aromatic N) is 4. The SMILES string of the molecule is CN=C(NCCCCn1cnnc1)NC1CCOc2ccccc21. The zero-order valence-corrected chi connectivity index (χ0v) is 14.0. The van der Waals surface area contributed by atoms with Crippen LogP contribution in [0.3, 0.4) is 0 Å². The second kappa shape index (κ2) is 8.33. The number of para-hydroxylation sites is 1. The zero-order chi connectivity index (χ0) is 16.6. The van der Waals surface area contributed by atoms with Crippen LogP contribution >= 0.6 is 0 Å². The van der Waals surface area contributed by atoms with Crippen molar-refractivity contribution in [2.75, 3.05) is 20.2 Å². The summed E-state index contributed by atoms with van der Waals surface area (Å²) in [7, 11) is 1.80. The highest BCUT2D eigenvalue weighted by Crippen LogP contribution is 2.31. The van der Waals surface area contributed by atoms with E-state index in [0.717, 1.165) is 50.7 Å². The van der Waals surface area contributed by atoms with Crippen LogP contribution in [-0.4, -0.2) is 40.9 Å². The molecule has 0 saturated heterocycles. The lowest BCUT2D eigenvalue weighted by Crippen LogP contribution is -2.41. The Morgan fingerprint density at radius 1 is 1.29 bits per heavy atom. The minimum absolute atomic E-state index is 0.234. The summed E-state index contributed by atoms with van der Waals surface area (Å²) >= 11 is 0. The molecule has 128 valence electrons. The summed E-state index contributed by atoms with van der Waals surface area (Å²) < 4.78 is 7.70. The van der Waals surface area contributed by atoms with Gasteiger partial charge < -0.3 is 19.9 Å². The van der Waals surface area contributed by atoms with Gasteiger partial charge in [-0.2, -0.15) is 0 Å². The van der Waals surface area contributed by atoms with E-state index in [2.05, 4.69) is 31.9 Å². The third kappa shape index (κ3) is 4.24. The van der Waals surface area contributed by atoms with Gasteiger partial charge in [-0.25, -0.2) is 0 Å². The lowest BCUT2D eigenvalue weighted by atomic mass is 10.0. The van der Waals surface area contributed by atoms with Crippen molar-refractivity contribution in [1.82, 2.24) is 25.4 Å². The molecule has 0 radical (unpaired) electrons. The number of fused-ring (bicyclic) bond motifs is 1. The molecule has 1 aliphatic rings. The second-order valence-electron chi connectivity index (χ2n) is 5.78. The van der Waals surface area contributed by atoms with Crippen LogP contribution in [0.15, 0.2) is 41.9 Å². The van der Waals surface area contributed by atoms with Gasteiger partial charge in [-0.15, -0.1) is 10.2 Å². The van der Waals surface area contributed by atoms with Crippen LogP contribution < -0.4 is 15.4 Å². The van der Waals surface area contributed by atoms with Crippen molar-refractivity contribution in [3.8, 4) is 5.75 Å². The summed E-state index contributed by atoms with van der Waals surface area (Å²) in [4.78, 5) is 4.33. The van der Waals surface area contributed by atoms with Crippen LogP contribution in [-0.2, 0) is 6.54 Å². The molecule has 7 heteroatoms. The summed E-state index contributed by atoms with van der Waals surface area (Å²) in [5.41, 5.74) is 1.19. The summed E-state index contributed by atoms with van der Waals surface area (Å²) in [6.45, 7) is 2.55. The van der Waals surface area contributed by atoms with E-state index in [-0.39, 0.29) is 6.04 Å². The predicted octanol–water partition coefficient (Wildman–Crippen LogP) is 1.75. The van der Waals surface area contributed by atoms with E-state index in [1.165, 1.54) is 5.56 Å². The third-order valence-corrected chi connectivity index (χ3v) is 4.10. The van der Waals surface area contributed by atoms with Crippen LogP contribution in [0.5, 0.6) is 5.75 Å². The fourth-order valence-electron chi connectivity index (χ4n) is 2.82. The van der Waals surface area contributed by atoms with Crippen molar-refractivity contribution in [1.29, 1.82) is 0 Å². The molecule has 1 atom stereocenters. The maximum absolute atomic E-state index is 5.70. The number of aromatic nitrogens is 3. The van der Waals surface area contributed by atoms with Crippen LogP contribution in [0.25, 0.3) is 0 Å². The largest absolute Gasteiger partial charge is 0.493 e. The summed E-state index contributed by atoms with van der Waals surface area (Å²) in [6, 6.07) is 8.41. The number of ether oxygens (including phenoxy) is 1. The van der Waals surface area contributed by atoms with Crippen molar-refractivity contribution in [3.05, 3.63) is 42.5 Å². The number of aliphatic imine (C=N–C) groups is 1. The highest BCUT2D eigenvalue weighted by atomic mass is 16.5. The fourth-order valence-corrected chi connectivity index (χ4v) is 2.82. The molecule has 0 spiro atoms. The van der Waals surface area contributed by atoms with Crippen LogP contribution in [0.2, 0.25) is 0 Å². The Labute approximate surface area is 142 Å². The van der Waals surface area contributed by atoms with Gasteiger partial charge in [-0.05, 0) is 18.9 Å². The van der Waals surface area contributed by atoms with E-state index in [4.69, 9.17) is 4.74 Å². The molecule has 2 aromatic rings. The maximum Gasteiger partial charge on any atom is 0.191 e. The van der Waals surface area contributed by atoms with E-state index in [9.17, 15) is 0 Å². The van der Waals surface area contributed by atoms with E-state index in [1.807, 2.05) is 22.8 Å². The predicted molar refractivity (Wildman–Crippen MR) is 93.0 cm³/mol. The van der Waals surface area contributed by atoms with Gasteiger partial charge >= 0.3 is 0 Å². The first-order valence-electron chi connectivity index (χ1n) is 8.38. The summed E-state index contributed by atoms with van der Waals surface area (Å²) in [5, 5.41) is 14.5. The van der Waals surface area contributed by atoms with E-state index in [0.29, 0.717) is 0 Å². The van der Waals surface area contributed by atoms with Crippen LogP contribution in [0, 0.1) is 0 Å². The lowest BCUT2D eigenvalue weighted by molar-refractivity contribution is 0.261. The number of aryl methyl sites for hydroxylation is 1. The number of benzene rings is 1. The monoisotopic (exact) mass is 328 g/mol. The standard InChI is InChI=1S/C17H24N6O/c1-18-17(19-9-4-5-10-23-12-20-21-13-23)22-15-8-11-24-16-7-3-2-6-14(15)16/h2-3,6-7,12-13,15H,4-5,8-11H2,1H3,(H2,18,19,22). The van der Waals surface area contributed by atoms with E-state index < -0.39 is 0 Å². The molecule has 3 rings (SSSR count). The molecule has 24 heavy (non-hydrogen) atoms. The van der Waals surface area contributed by atoms with Crippen molar-refractivity contribution in [2.45, 2.75) is 31.8 Å². The number of unbranched alkanes of at least 4 members (excludes halogenated alkanes) is 1. The molecule has 1 unspecified atom stereocenters. The maximum atomic E-state index is 5.70. The molecule has 0 fully saturated rings.